The van der Waals surface area contributed by atoms with Gasteiger partial charge in [0, 0.05) is 19.8 Å². The van der Waals surface area contributed by atoms with Crippen LogP contribution in [0.4, 0.5) is 10.5 Å². The number of rotatable bonds is 10. The highest BCUT2D eigenvalue weighted by molar-refractivity contribution is 5.97. The highest BCUT2D eigenvalue weighted by Crippen LogP contribution is 2.18. The standard InChI is InChI=1S/C26H29N5O5/c1-17-8-10-19(11-9-17)21(13-24(33)34)30-23(32)15-27-25(35)22-12-20(16-31(22)2)29-26(36)28-14-18-6-4-3-5-7-18/h3-12,16,21H,13-15H2,1-2H3,(H,27,35)(H,30,32)(H,33,34)(H2,28,29,36). The number of nitrogens with zero attached hydrogens (tertiary/aromatic N) is 1. The summed E-state index contributed by atoms with van der Waals surface area (Å²) in [5, 5.41) is 19.8. The van der Waals surface area contributed by atoms with Gasteiger partial charge in [0.05, 0.1) is 24.7 Å². The molecular weight excluding hydrogens is 462 g/mol. The summed E-state index contributed by atoms with van der Waals surface area (Å²) >= 11 is 0. The van der Waals surface area contributed by atoms with E-state index in [0.29, 0.717) is 17.8 Å². The zero-order valence-corrected chi connectivity index (χ0v) is 20.1. The summed E-state index contributed by atoms with van der Waals surface area (Å²) in [7, 11) is 1.64. The molecule has 0 fully saturated rings. The molecule has 0 radical (unpaired) electrons. The number of urea groups is 1. The van der Waals surface area contributed by atoms with E-state index in [0.717, 1.165) is 11.1 Å². The van der Waals surface area contributed by atoms with Crippen LogP contribution in [-0.2, 0) is 23.2 Å². The normalized spacial score (nSPS) is 11.3. The second kappa shape index (κ2) is 12.2. The van der Waals surface area contributed by atoms with Crippen molar-refractivity contribution in [3.63, 3.8) is 0 Å². The zero-order chi connectivity index (χ0) is 26.1. The van der Waals surface area contributed by atoms with E-state index in [9.17, 15) is 24.3 Å². The van der Waals surface area contributed by atoms with Crippen LogP contribution in [-0.4, -0.2) is 40.0 Å². The number of amides is 4. The first kappa shape index (κ1) is 26.0. The fourth-order valence-electron chi connectivity index (χ4n) is 3.53. The van der Waals surface area contributed by atoms with Crippen LogP contribution >= 0.6 is 0 Å². The number of carbonyl (C=O) groups is 4. The number of benzene rings is 2. The van der Waals surface area contributed by atoms with Crippen molar-refractivity contribution in [2.75, 3.05) is 11.9 Å². The third-order valence-corrected chi connectivity index (χ3v) is 5.39. The monoisotopic (exact) mass is 491 g/mol. The van der Waals surface area contributed by atoms with Gasteiger partial charge in [0.15, 0.2) is 0 Å². The fraction of sp³-hybridized carbons (Fsp3) is 0.231. The molecule has 36 heavy (non-hydrogen) atoms. The third-order valence-electron chi connectivity index (χ3n) is 5.39. The number of hydrogen-bond donors (Lipinski definition) is 5. The van der Waals surface area contributed by atoms with E-state index in [1.54, 1.807) is 25.4 Å². The van der Waals surface area contributed by atoms with E-state index < -0.39 is 29.9 Å². The van der Waals surface area contributed by atoms with Gasteiger partial charge in [-0.05, 0) is 24.1 Å². The maximum Gasteiger partial charge on any atom is 0.319 e. The number of aliphatic carboxylic acids is 1. The lowest BCUT2D eigenvalue weighted by Crippen LogP contribution is -2.39. The Morgan fingerprint density at radius 2 is 1.67 bits per heavy atom. The topological polar surface area (TPSA) is 142 Å². The van der Waals surface area contributed by atoms with Gasteiger partial charge in [0.1, 0.15) is 5.69 Å². The number of nitrogens with one attached hydrogen (secondary N) is 4. The molecule has 1 atom stereocenters. The van der Waals surface area contributed by atoms with Crippen molar-refractivity contribution >= 4 is 29.5 Å². The molecule has 0 saturated heterocycles. The molecule has 188 valence electrons. The molecule has 1 unspecified atom stereocenters. The van der Waals surface area contributed by atoms with Crippen LogP contribution in [0.25, 0.3) is 0 Å². The van der Waals surface area contributed by atoms with Gasteiger partial charge in [-0.2, -0.15) is 0 Å². The predicted octanol–water partition coefficient (Wildman–Crippen LogP) is 2.72. The average molecular weight is 492 g/mol. The number of aromatic nitrogens is 1. The Balaban J connectivity index is 1.52. The van der Waals surface area contributed by atoms with Crippen LogP contribution in [0.3, 0.4) is 0 Å². The van der Waals surface area contributed by atoms with E-state index in [-0.39, 0.29) is 18.7 Å². The minimum absolute atomic E-state index is 0.238. The second-order valence-corrected chi connectivity index (χ2v) is 8.33. The van der Waals surface area contributed by atoms with Crippen molar-refractivity contribution in [1.29, 1.82) is 0 Å². The molecule has 0 aliphatic carbocycles. The Kier molecular flexibility index (Phi) is 8.82. The minimum Gasteiger partial charge on any atom is -0.481 e. The van der Waals surface area contributed by atoms with Crippen LogP contribution < -0.4 is 21.3 Å². The highest BCUT2D eigenvalue weighted by atomic mass is 16.4. The van der Waals surface area contributed by atoms with Crippen molar-refractivity contribution in [1.82, 2.24) is 20.5 Å². The SMILES string of the molecule is Cc1ccc(C(CC(=O)O)NC(=O)CNC(=O)c2cc(NC(=O)NCc3ccccc3)cn2C)cc1. The molecule has 0 aliphatic heterocycles. The van der Waals surface area contributed by atoms with Crippen molar-refractivity contribution in [2.24, 2.45) is 7.05 Å². The maximum atomic E-state index is 12.6. The van der Waals surface area contributed by atoms with Crippen LogP contribution in [0, 0.1) is 6.92 Å². The third kappa shape index (κ3) is 7.73. The number of anilines is 1. The lowest BCUT2D eigenvalue weighted by molar-refractivity contribution is -0.137. The van der Waals surface area contributed by atoms with Crippen molar-refractivity contribution in [3.05, 3.63) is 89.2 Å². The molecule has 0 bridgehead atoms. The summed E-state index contributed by atoms with van der Waals surface area (Å²) < 4.78 is 1.53. The molecule has 0 spiro atoms. The van der Waals surface area contributed by atoms with Gasteiger partial charge >= 0.3 is 12.0 Å². The number of aryl methyl sites for hydroxylation is 2. The van der Waals surface area contributed by atoms with Crippen LogP contribution in [0.2, 0.25) is 0 Å². The fourth-order valence-corrected chi connectivity index (χ4v) is 3.53. The van der Waals surface area contributed by atoms with Gasteiger partial charge in [0.2, 0.25) is 5.91 Å². The van der Waals surface area contributed by atoms with Gasteiger partial charge in [0.25, 0.3) is 5.91 Å². The van der Waals surface area contributed by atoms with E-state index >= 15 is 0 Å². The van der Waals surface area contributed by atoms with Crippen LogP contribution in [0.1, 0.15) is 39.6 Å². The van der Waals surface area contributed by atoms with E-state index in [2.05, 4.69) is 21.3 Å². The molecule has 3 aromatic rings. The van der Waals surface area contributed by atoms with Crippen LogP contribution in [0.15, 0.2) is 66.9 Å². The zero-order valence-electron chi connectivity index (χ0n) is 20.1. The first-order chi connectivity index (χ1) is 17.2. The lowest BCUT2D eigenvalue weighted by Gasteiger charge is -2.18. The summed E-state index contributed by atoms with van der Waals surface area (Å²) in [5.74, 6) is -2.10. The van der Waals surface area contributed by atoms with Crippen LogP contribution in [0.5, 0.6) is 0 Å². The Morgan fingerprint density at radius 1 is 0.972 bits per heavy atom. The number of carboxylic acids is 1. The number of carbonyl (C=O) groups excluding carboxylic acids is 3. The quantitative estimate of drug-likeness (QED) is 0.297. The first-order valence-electron chi connectivity index (χ1n) is 11.3. The van der Waals surface area contributed by atoms with Gasteiger partial charge in [-0.15, -0.1) is 0 Å². The summed E-state index contributed by atoms with van der Waals surface area (Å²) in [6.45, 7) is 1.92. The maximum absolute atomic E-state index is 12.6. The van der Waals surface area contributed by atoms with Gasteiger partial charge in [-0.1, -0.05) is 60.2 Å². The van der Waals surface area contributed by atoms with Crippen molar-refractivity contribution in [2.45, 2.75) is 25.9 Å². The predicted molar refractivity (Wildman–Crippen MR) is 134 cm³/mol. The Morgan fingerprint density at radius 3 is 2.33 bits per heavy atom. The molecular formula is C26H29N5O5. The summed E-state index contributed by atoms with van der Waals surface area (Å²) in [6, 6.07) is 17.0. The van der Waals surface area contributed by atoms with Gasteiger partial charge < -0.3 is 30.9 Å². The smallest absolute Gasteiger partial charge is 0.319 e. The Labute approximate surface area is 208 Å². The number of hydrogen-bond acceptors (Lipinski definition) is 4. The van der Waals surface area contributed by atoms with Gasteiger partial charge in [-0.3, -0.25) is 14.4 Å². The summed E-state index contributed by atoms with van der Waals surface area (Å²) in [6.07, 6.45) is 1.29. The Bertz CT molecular complexity index is 1220. The minimum atomic E-state index is -1.05. The highest BCUT2D eigenvalue weighted by Gasteiger charge is 2.19. The van der Waals surface area contributed by atoms with E-state index in [1.165, 1.54) is 10.6 Å². The Hall–Kier alpha value is -4.60. The molecule has 10 nitrogen and oxygen atoms in total. The molecule has 3 rings (SSSR count). The van der Waals surface area contributed by atoms with Gasteiger partial charge in [-0.25, -0.2) is 4.79 Å². The molecule has 1 heterocycles. The summed E-state index contributed by atoms with van der Waals surface area (Å²) in [5.41, 5.74) is 3.27. The molecule has 0 saturated carbocycles. The lowest BCUT2D eigenvalue weighted by atomic mass is 10.0. The molecule has 1 aromatic heterocycles. The first-order valence-corrected chi connectivity index (χ1v) is 11.3. The molecule has 0 aliphatic rings. The van der Waals surface area contributed by atoms with Crippen molar-refractivity contribution in [3.8, 4) is 0 Å². The molecule has 10 heteroatoms. The van der Waals surface area contributed by atoms with E-state index in [1.807, 2.05) is 49.4 Å². The van der Waals surface area contributed by atoms with E-state index in [4.69, 9.17) is 0 Å². The van der Waals surface area contributed by atoms with Crippen molar-refractivity contribution < 1.29 is 24.3 Å². The molecule has 4 amide bonds. The number of carboxylic acid groups (broad SMARTS) is 1. The second-order valence-electron chi connectivity index (χ2n) is 8.33. The summed E-state index contributed by atoms with van der Waals surface area (Å²) in [4.78, 5) is 48.5. The average Bonchev–Trinajstić information content (AvgIpc) is 3.21. The molecule has 2 aromatic carbocycles. The largest absolute Gasteiger partial charge is 0.481 e. The molecule has 5 N–H and O–H groups in total.